The molecule has 1 heterocycles. The van der Waals surface area contributed by atoms with Crippen molar-refractivity contribution in [1.29, 1.82) is 0 Å². The van der Waals surface area contributed by atoms with Gasteiger partial charge in [0.2, 0.25) is 0 Å². The molecule has 114 valence electrons. The van der Waals surface area contributed by atoms with Gasteiger partial charge in [-0.25, -0.2) is 9.78 Å². The Morgan fingerprint density at radius 1 is 1.33 bits per heavy atom. The summed E-state index contributed by atoms with van der Waals surface area (Å²) >= 11 is 0. The number of nitrogens with one attached hydrogen (secondary N) is 1. The number of pyridine rings is 1. The van der Waals surface area contributed by atoms with Crippen LogP contribution in [0.1, 0.15) is 67.1 Å². The molecular weight excluding hydrogens is 264 g/mol. The molecule has 0 spiro atoms. The van der Waals surface area contributed by atoms with Crippen LogP contribution in [0.5, 0.6) is 0 Å². The van der Waals surface area contributed by atoms with Crippen molar-refractivity contribution in [3.8, 4) is 0 Å². The van der Waals surface area contributed by atoms with Crippen molar-refractivity contribution in [1.82, 2.24) is 4.98 Å². The van der Waals surface area contributed by atoms with E-state index in [1.165, 1.54) is 19.3 Å². The lowest BCUT2D eigenvalue weighted by Gasteiger charge is -2.29. The number of hydrogen-bond acceptors (Lipinski definition) is 3. The number of carbonyl (C=O) groups is 1. The van der Waals surface area contributed by atoms with Crippen LogP contribution in [0.15, 0.2) is 6.07 Å². The van der Waals surface area contributed by atoms with E-state index in [9.17, 15) is 9.90 Å². The van der Waals surface area contributed by atoms with Gasteiger partial charge in [0.1, 0.15) is 11.4 Å². The van der Waals surface area contributed by atoms with Gasteiger partial charge in [0, 0.05) is 11.7 Å². The summed E-state index contributed by atoms with van der Waals surface area (Å²) < 4.78 is 0. The van der Waals surface area contributed by atoms with Gasteiger partial charge < -0.3 is 10.4 Å². The van der Waals surface area contributed by atoms with E-state index in [1.54, 1.807) is 0 Å². The fourth-order valence-corrected chi connectivity index (χ4v) is 3.65. The Labute approximate surface area is 126 Å². The largest absolute Gasteiger partial charge is 0.478 e. The summed E-state index contributed by atoms with van der Waals surface area (Å²) in [5.41, 5.74) is 2.55. The molecule has 1 saturated carbocycles. The molecule has 1 fully saturated rings. The summed E-state index contributed by atoms with van der Waals surface area (Å²) in [4.78, 5) is 16.1. The highest BCUT2D eigenvalue weighted by Gasteiger charge is 2.24. The number of anilines is 1. The molecule has 2 aliphatic rings. The maximum absolute atomic E-state index is 11.5. The van der Waals surface area contributed by atoms with Gasteiger partial charge in [-0.1, -0.05) is 13.3 Å². The second-order valence-corrected chi connectivity index (χ2v) is 6.42. The van der Waals surface area contributed by atoms with Gasteiger partial charge in [-0.15, -0.1) is 0 Å². The maximum Gasteiger partial charge on any atom is 0.339 e. The summed E-state index contributed by atoms with van der Waals surface area (Å²) in [7, 11) is 0. The predicted molar refractivity (Wildman–Crippen MR) is 82.9 cm³/mol. The first-order valence-corrected chi connectivity index (χ1v) is 8.20. The number of aromatic carboxylic acids is 1. The molecule has 0 saturated heterocycles. The molecule has 1 aromatic heterocycles. The van der Waals surface area contributed by atoms with E-state index in [4.69, 9.17) is 0 Å². The zero-order chi connectivity index (χ0) is 14.8. The van der Waals surface area contributed by atoms with Gasteiger partial charge in [-0.3, -0.25) is 0 Å². The second-order valence-electron chi connectivity index (χ2n) is 6.42. The predicted octanol–water partition coefficient (Wildman–Crippen LogP) is 3.65. The van der Waals surface area contributed by atoms with Crippen LogP contribution in [-0.2, 0) is 12.8 Å². The first kappa shape index (κ1) is 14.4. The van der Waals surface area contributed by atoms with E-state index in [1.807, 2.05) is 6.07 Å². The number of hydrogen-bond donors (Lipinski definition) is 2. The third-order valence-corrected chi connectivity index (χ3v) is 5.05. The zero-order valence-electron chi connectivity index (χ0n) is 12.7. The second kappa shape index (κ2) is 6.04. The van der Waals surface area contributed by atoms with Gasteiger partial charge in [0.15, 0.2) is 0 Å². The van der Waals surface area contributed by atoms with E-state index in [0.29, 0.717) is 17.4 Å². The Kier molecular flexibility index (Phi) is 4.13. The summed E-state index contributed by atoms with van der Waals surface area (Å²) in [6.45, 7) is 2.25. The highest BCUT2D eigenvalue weighted by molar-refractivity contribution is 5.93. The number of aryl methyl sites for hydroxylation is 2. The van der Waals surface area contributed by atoms with Crippen molar-refractivity contribution in [2.75, 3.05) is 5.32 Å². The Morgan fingerprint density at radius 2 is 2.10 bits per heavy atom. The first-order chi connectivity index (χ1) is 10.2. The van der Waals surface area contributed by atoms with Gasteiger partial charge in [0.25, 0.3) is 0 Å². The average molecular weight is 288 g/mol. The average Bonchev–Trinajstić information content (AvgIpc) is 2.94. The minimum atomic E-state index is -0.873. The monoisotopic (exact) mass is 288 g/mol. The Bertz CT molecular complexity index is 534. The fourth-order valence-electron chi connectivity index (χ4n) is 3.65. The van der Waals surface area contributed by atoms with Crippen LogP contribution in [0, 0.1) is 5.92 Å². The minimum absolute atomic E-state index is 0.341. The number of rotatable bonds is 4. The molecule has 4 nitrogen and oxygen atoms in total. The van der Waals surface area contributed by atoms with Crippen LogP contribution in [0.3, 0.4) is 0 Å². The van der Waals surface area contributed by atoms with Gasteiger partial charge in [0.05, 0.1) is 0 Å². The van der Waals surface area contributed by atoms with Crippen LogP contribution >= 0.6 is 0 Å². The fraction of sp³-hybridized carbons (Fsp3) is 0.647. The highest BCUT2D eigenvalue weighted by Crippen LogP contribution is 2.30. The Hall–Kier alpha value is -1.58. The molecule has 0 atom stereocenters. The molecule has 2 N–H and O–H groups in total. The lowest BCUT2D eigenvalue weighted by atomic mass is 9.84. The van der Waals surface area contributed by atoms with Crippen LogP contribution < -0.4 is 5.32 Å². The van der Waals surface area contributed by atoms with Crippen molar-refractivity contribution in [2.24, 2.45) is 5.92 Å². The van der Waals surface area contributed by atoms with Crippen LogP contribution in [-0.4, -0.2) is 22.1 Å². The summed E-state index contributed by atoms with van der Waals surface area (Å²) in [5.74, 6) is 0.556. The van der Waals surface area contributed by atoms with Crippen molar-refractivity contribution in [3.05, 3.63) is 22.9 Å². The topological polar surface area (TPSA) is 62.2 Å². The van der Waals surface area contributed by atoms with Crippen molar-refractivity contribution >= 4 is 11.8 Å². The smallest absolute Gasteiger partial charge is 0.339 e. The molecule has 0 radical (unpaired) electrons. The third-order valence-electron chi connectivity index (χ3n) is 5.05. The molecule has 0 amide bonds. The van der Waals surface area contributed by atoms with Gasteiger partial charge in [-0.05, 0) is 62.5 Å². The molecule has 21 heavy (non-hydrogen) atoms. The molecule has 0 unspecified atom stereocenters. The molecule has 0 aromatic carbocycles. The maximum atomic E-state index is 11.5. The van der Waals surface area contributed by atoms with E-state index in [-0.39, 0.29) is 0 Å². The third kappa shape index (κ3) is 3.04. The molecule has 1 aromatic rings. The number of aromatic nitrogens is 1. The van der Waals surface area contributed by atoms with Crippen LogP contribution in [0.2, 0.25) is 0 Å². The van der Waals surface area contributed by atoms with Crippen molar-refractivity contribution < 1.29 is 9.90 Å². The quantitative estimate of drug-likeness (QED) is 0.887. The summed E-state index contributed by atoms with van der Waals surface area (Å²) in [6, 6.07) is 2.20. The van der Waals surface area contributed by atoms with E-state index < -0.39 is 5.97 Å². The van der Waals surface area contributed by atoms with Gasteiger partial charge in [-0.2, -0.15) is 0 Å². The first-order valence-electron chi connectivity index (χ1n) is 8.20. The number of carboxylic acids is 1. The molecule has 4 heteroatoms. The van der Waals surface area contributed by atoms with Crippen LogP contribution in [0.4, 0.5) is 5.82 Å². The highest BCUT2D eigenvalue weighted by atomic mass is 16.4. The summed E-state index contributed by atoms with van der Waals surface area (Å²) in [6.07, 6.45) is 9.00. The Balaban J connectivity index is 1.77. The number of nitrogens with zero attached hydrogens (tertiary/aromatic N) is 1. The standard InChI is InChI=1S/C17H24N2O2/c1-2-11-6-8-13(9-7-11)18-16-14(17(20)21)10-12-4-3-5-15(12)19-16/h10-11,13H,2-9H2,1H3,(H,18,19)(H,20,21). The lowest BCUT2D eigenvalue weighted by molar-refractivity contribution is 0.0697. The van der Waals surface area contributed by atoms with Crippen molar-refractivity contribution in [3.63, 3.8) is 0 Å². The lowest BCUT2D eigenvalue weighted by Crippen LogP contribution is -2.27. The van der Waals surface area contributed by atoms with Gasteiger partial charge >= 0.3 is 5.97 Å². The number of carboxylic acid groups (broad SMARTS) is 1. The molecular formula is C17H24N2O2. The Morgan fingerprint density at radius 3 is 2.76 bits per heavy atom. The van der Waals surface area contributed by atoms with E-state index in [2.05, 4.69) is 17.2 Å². The van der Waals surface area contributed by atoms with Crippen LogP contribution in [0.25, 0.3) is 0 Å². The summed E-state index contributed by atoms with van der Waals surface area (Å²) in [5, 5.41) is 12.8. The molecule has 0 aliphatic heterocycles. The van der Waals surface area contributed by atoms with E-state index in [0.717, 1.165) is 49.3 Å². The molecule has 3 rings (SSSR count). The molecule has 2 aliphatic carbocycles. The number of fused-ring (bicyclic) bond motifs is 1. The zero-order valence-corrected chi connectivity index (χ0v) is 12.7. The van der Waals surface area contributed by atoms with Crippen molar-refractivity contribution in [2.45, 2.75) is 64.3 Å². The van der Waals surface area contributed by atoms with E-state index >= 15 is 0 Å². The SMILES string of the molecule is CCC1CCC(Nc2nc3c(cc2C(=O)O)CCC3)CC1. The molecule has 0 bridgehead atoms. The minimum Gasteiger partial charge on any atom is -0.478 e. The normalized spacial score (nSPS) is 24.6.